The summed E-state index contributed by atoms with van der Waals surface area (Å²) in [6, 6.07) is 21.3. The van der Waals surface area contributed by atoms with Gasteiger partial charge in [0.25, 0.3) is 5.91 Å². The van der Waals surface area contributed by atoms with Crippen molar-refractivity contribution in [1.82, 2.24) is 0 Å². The molecule has 27 heavy (non-hydrogen) atoms. The van der Waals surface area contributed by atoms with Gasteiger partial charge >= 0.3 is 7.60 Å². The fourth-order valence-electron chi connectivity index (χ4n) is 2.67. The Morgan fingerprint density at radius 1 is 0.926 bits per heavy atom. The molecule has 0 radical (unpaired) electrons. The Kier molecular flexibility index (Phi) is 5.42. The van der Waals surface area contributed by atoms with Crippen molar-refractivity contribution in [2.45, 2.75) is 6.16 Å². The second-order valence-electron chi connectivity index (χ2n) is 6.14. The van der Waals surface area contributed by atoms with Crippen LogP contribution < -0.4 is 11.1 Å². The lowest BCUT2D eigenvalue weighted by molar-refractivity contribution is 0.102. The minimum absolute atomic E-state index is 0.352. The summed E-state index contributed by atoms with van der Waals surface area (Å²) < 4.78 is 11.0. The molecule has 5 N–H and O–H groups in total. The van der Waals surface area contributed by atoms with E-state index in [2.05, 4.69) is 5.32 Å². The van der Waals surface area contributed by atoms with Crippen molar-refractivity contribution < 1.29 is 19.1 Å². The molecule has 138 valence electrons. The summed E-state index contributed by atoms with van der Waals surface area (Å²) in [4.78, 5) is 30.5. The number of hydrogen-bond acceptors (Lipinski definition) is 3. The molecule has 0 spiro atoms. The van der Waals surface area contributed by atoms with Crippen molar-refractivity contribution in [3.05, 3.63) is 83.9 Å². The molecule has 0 aliphatic heterocycles. The van der Waals surface area contributed by atoms with E-state index in [1.165, 1.54) is 24.3 Å². The molecule has 0 saturated carbocycles. The Morgan fingerprint density at radius 3 is 2.22 bits per heavy atom. The topological polar surface area (TPSA) is 113 Å². The van der Waals surface area contributed by atoms with E-state index in [1.807, 2.05) is 42.5 Å². The van der Waals surface area contributed by atoms with Crippen LogP contribution in [0, 0.1) is 0 Å². The van der Waals surface area contributed by atoms with Crippen molar-refractivity contribution in [2.75, 3.05) is 11.1 Å². The molecular formula is C20H19N2O4P. The number of nitrogen functional groups attached to an aromatic ring is 1. The predicted octanol–water partition coefficient (Wildman–Crippen LogP) is 3.87. The molecule has 6 nitrogen and oxygen atoms in total. The van der Waals surface area contributed by atoms with E-state index in [0.717, 1.165) is 11.1 Å². The van der Waals surface area contributed by atoms with Crippen molar-refractivity contribution >= 4 is 24.9 Å². The highest BCUT2D eigenvalue weighted by molar-refractivity contribution is 7.50. The van der Waals surface area contributed by atoms with Crippen LogP contribution in [0.1, 0.15) is 15.9 Å². The highest BCUT2D eigenvalue weighted by atomic mass is 31.2. The van der Waals surface area contributed by atoms with E-state index in [0.29, 0.717) is 22.5 Å². The van der Waals surface area contributed by atoms with E-state index < -0.39 is 7.60 Å². The lowest BCUT2D eigenvalue weighted by atomic mass is 10.0. The van der Waals surface area contributed by atoms with Gasteiger partial charge in [-0.05, 0) is 41.0 Å². The first kappa shape index (κ1) is 18.9. The molecule has 7 heteroatoms. The lowest BCUT2D eigenvalue weighted by Crippen LogP contribution is -2.13. The van der Waals surface area contributed by atoms with Crippen LogP contribution in [-0.4, -0.2) is 15.7 Å². The second-order valence-corrected chi connectivity index (χ2v) is 7.79. The van der Waals surface area contributed by atoms with Gasteiger partial charge in [-0.15, -0.1) is 0 Å². The molecule has 0 unspecified atom stereocenters. The zero-order valence-corrected chi connectivity index (χ0v) is 15.3. The van der Waals surface area contributed by atoms with Gasteiger partial charge in [0.15, 0.2) is 0 Å². The maximum atomic E-state index is 12.5. The number of nitrogens with two attached hydrogens (primary N) is 1. The Bertz CT molecular complexity index is 998. The van der Waals surface area contributed by atoms with Crippen LogP contribution in [0.4, 0.5) is 11.4 Å². The van der Waals surface area contributed by atoms with Gasteiger partial charge in [0.2, 0.25) is 0 Å². The van der Waals surface area contributed by atoms with Crippen LogP contribution in [0.2, 0.25) is 0 Å². The number of nitrogens with one attached hydrogen (secondary N) is 1. The Morgan fingerprint density at radius 2 is 1.59 bits per heavy atom. The van der Waals surface area contributed by atoms with Crippen LogP contribution in [0.5, 0.6) is 0 Å². The number of rotatable bonds is 5. The summed E-state index contributed by atoms with van der Waals surface area (Å²) in [5, 5.41) is 2.79. The molecule has 0 atom stereocenters. The molecule has 0 aliphatic carbocycles. The zero-order chi connectivity index (χ0) is 19.4. The summed E-state index contributed by atoms with van der Waals surface area (Å²) in [6.07, 6.45) is -0.360. The standard InChI is InChI=1S/C20H19N2O4P/c21-18-11-10-17(15-4-2-1-3-5-15)12-19(18)22-20(23)16-8-6-14(7-9-16)13-27(24,25)26/h1-12H,13,21H2,(H,22,23)(H2,24,25,26). The van der Waals surface area contributed by atoms with Gasteiger partial charge in [-0.25, -0.2) is 0 Å². The first-order chi connectivity index (χ1) is 12.8. The molecule has 3 aromatic rings. The van der Waals surface area contributed by atoms with E-state index >= 15 is 0 Å². The highest BCUT2D eigenvalue weighted by Gasteiger charge is 2.15. The maximum absolute atomic E-state index is 12.5. The monoisotopic (exact) mass is 382 g/mol. The average Bonchev–Trinajstić information content (AvgIpc) is 2.63. The number of anilines is 2. The molecule has 0 aliphatic rings. The summed E-state index contributed by atoms with van der Waals surface area (Å²) in [7, 11) is -4.14. The number of carbonyl (C=O) groups excluding carboxylic acids is 1. The summed E-state index contributed by atoms with van der Waals surface area (Å²) in [5.74, 6) is -0.352. The Hall–Kier alpha value is -2.92. The number of hydrogen-bond donors (Lipinski definition) is 4. The van der Waals surface area contributed by atoms with Crippen molar-refractivity contribution in [3.8, 4) is 11.1 Å². The molecular weight excluding hydrogens is 363 g/mol. The van der Waals surface area contributed by atoms with Crippen LogP contribution in [0.15, 0.2) is 72.8 Å². The average molecular weight is 382 g/mol. The molecule has 0 heterocycles. The van der Waals surface area contributed by atoms with Gasteiger partial charge in [0, 0.05) is 5.56 Å². The van der Waals surface area contributed by atoms with E-state index in [1.54, 1.807) is 6.07 Å². The fraction of sp³-hybridized carbons (Fsp3) is 0.0500. The number of benzene rings is 3. The fourth-order valence-corrected chi connectivity index (χ4v) is 3.36. The van der Waals surface area contributed by atoms with Crippen molar-refractivity contribution in [1.29, 1.82) is 0 Å². The van der Waals surface area contributed by atoms with Gasteiger partial charge in [-0.2, -0.15) is 0 Å². The Balaban J connectivity index is 1.79. The lowest BCUT2D eigenvalue weighted by Gasteiger charge is -2.11. The minimum Gasteiger partial charge on any atom is -0.397 e. The van der Waals surface area contributed by atoms with Gasteiger partial charge in [0.05, 0.1) is 17.5 Å². The maximum Gasteiger partial charge on any atom is 0.329 e. The second kappa shape index (κ2) is 7.76. The summed E-state index contributed by atoms with van der Waals surface area (Å²) in [6.45, 7) is 0. The van der Waals surface area contributed by atoms with Gasteiger partial charge in [0.1, 0.15) is 0 Å². The van der Waals surface area contributed by atoms with Gasteiger partial charge in [-0.3, -0.25) is 9.36 Å². The smallest absolute Gasteiger partial charge is 0.329 e. The summed E-state index contributed by atoms with van der Waals surface area (Å²) >= 11 is 0. The largest absolute Gasteiger partial charge is 0.397 e. The van der Waals surface area contributed by atoms with Crippen LogP contribution in [0.25, 0.3) is 11.1 Å². The SMILES string of the molecule is Nc1ccc(-c2ccccc2)cc1NC(=O)c1ccc(CP(=O)(O)O)cc1. The van der Waals surface area contributed by atoms with Crippen LogP contribution >= 0.6 is 7.60 Å². The summed E-state index contributed by atoms with van der Waals surface area (Å²) in [5.41, 5.74) is 9.70. The molecule has 3 rings (SSSR count). The number of amides is 1. The van der Waals surface area contributed by atoms with Crippen molar-refractivity contribution in [3.63, 3.8) is 0 Å². The number of carbonyl (C=O) groups is 1. The Labute approximate surface area is 156 Å². The van der Waals surface area contributed by atoms with Crippen molar-refractivity contribution in [2.24, 2.45) is 0 Å². The van der Waals surface area contributed by atoms with E-state index in [4.69, 9.17) is 15.5 Å². The third-order valence-electron chi connectivity index (χ3n) is 4.01. The third kappa shape index (κ3) is 5.05. The highest BCUT2D eigenvalue weighted by Crippen LogP contribution is 2.39. The molecule has 0 saturated heterocycles. The third-order valence-corrected chi connectivity index (χ3v) is 4.79. The first-order valence-electron chi connectivity index (χ1n) is 8.22. The van der Waals surface area contributed by atoms with E-state index in [9.17, 15) is 9.36 Å². The van der Waals surface area contributed by atoms with Gasteiger partial charge in [-0.1, -0.05) is 48.5 Å². The molecule has 3 aromatic carbocycles. The quantitative estimate of drug-likeness (QED) is 0.395. The zero-order valence-electron chi connectivity index (χ0n) is 14.4. The molecule has 0 aromatic heterocycles. The minimum atomic E-state index is -4.14. The molecule has 0 fully saturated rings. The molecule has 1 amide bonds. The first-order valence-corrected chi connectivity index (χ1v) is 10.0. The van der Waals surface area contributed by atoms with E-state index in [-0.39, 0.29) is 12.1 Å². The van der Waals surface area contributed by atoms with Gasteiger partial charge < -0.3 is 20.8 Å². The normalized spacial score (nSPS) is 11.2. The van der Waals surface area contributed by atoms with Crippen LogP contribution in [-0.2, 0) is 10.7 Å². The van der Waals surface area contributed by atoms with Crippen LogP contribution in [0.3, 0.4) is 0 Å². The predicted molar refractivity (Wildman–Crippen MR) is 106 cm³/mol. The molecule has 0 bridgehead atoms.